The fraction of sp³-hybridized carbons (Fsp3) is 0.538. The summed E-state index contributed by atoms with van der Waals surface area (Å²) in [7, 11) is 0. The molecular formula is C13H18ClNO. The molecule has 1 N–H and O–H groups in total. The Kier molecular flexibility index (Phi) is 3.72. The molecule has 1 aliphatic rings. The minimum Gasteiger partial charge on any atom is -0.389 e. The van der Waals surface area contributed by atoms with E-state index >= 15 is 0 Å². The van der Waals surface area contributed by atoms with Gasteiger partial charge in [-0.2, -0.15) is 0 Å². The number of halogens is 1. The number of rotatable bonds is 2. The maximum atomic E-state index is 9.48. The zero-order chi connectivity index (χ0) is 11.5. The standard InChI is InChI=1S/C13H18ClNO/c1-10(16)11-5-6-13(12(14)9-11)15-7-3-2-4-8-15/h5-6,9-10,16H,2-4,7-8H2,1H3/t10-/m0/s1. The van der Waals surface area contributed by atoms with E-state index in [1.165, 1.54) is 19.3 Å². The first kappa shape index (κ1) is 11.7. The van der Waals surface area contributed by atoms with E-state index in [1.54, 1.807) is 6.92 Å². The van der Waals surface area contributed by atoms with Gasteiger partial charge in [-0.25, -0.2) is 0 Å². The second-order valence-corrected chi connectivity index (χ2v) is 4.84. The van der Waals surface area contributed by atoms with Crippen molar-refractivity contribution in [3.05, 3.63) is 28.8 Å². The van der Waals surface area contributed by atoms with Gasteiger partial charge in [0.15, 0.2) is 0 Å². The number of piperidine rings is 1. The second-order valence-electron chi connectivity index (χ2n) is 4.43. The van der Waals surface area contributed by atoms with E-state index < -0.39 is 6.10 Å². The van der Waals surface area contributed by atoms with Crippen LogP contribution in [0.1, 0.15) is 37.9 Å². The highest BCUT2D eigenvalue weighted by atomic mass is 35.5. The lowest BCUT2D eigenvalue weighted by atomic mass is 10.1. The van der Waals surface area contributed by atoms with E-state index in [4.69, 9.17) is 11.6 Å². The van der Waals surface area contributed by atoms with Gasteiger partial charge in [0, 0.05) is 13.1 Å². The van der Waals surface area contributed by atoms with Crippen molar-refractivity contribution in [1.82, 2.24) is 0 Å². The summed E-state index contributed by atoms with van der Waals surface area (Å²) in [6.07, 6.45) is 3.36. The van der Waals surface area contributed by atoms with Crippen LogP contribution in [-0.4, -0.2) is 18.2 Å². The minimum absolute atomic E-state index is 0.451. The highest BCUT2D eigenvalue weighted by Crippen LogP contribution is 2.30. The molecule has 2 rings (SSSR count). The molecule has 1 aliphatic heterocycles. The highest BCUT2D eigenvalue weighted by Gasteiger charge is 2.14. The van der Waals surface area contributed by atoms with Crippen LogP contribution in [0, 0.1) is 0 Å². The summed E-state index contributed by atoms with van der Waals surface area (Å²) in [4.78, 5) is 2.33. The Labute approximate surface area is 102 Å². The van der Waals surface area contributed by atoms with Gasteiger partial charge in [-0.05, 0) is 43.9 Å². The summed E-state index contributed by atoms with van der Waals surface area (Å²) in [5, 5.41) is 10.2. The smallest absolute Gasteiger partial charge is 0.0762 e. The van der Waals surface area contributed by atoms with E-state index in [1.807, 2.05) is 18.2 Å². The molecule has 16 heavy (non-hydrogen) atoms. The van der Waals surface area contributed by atoms with Gasteiger partial charge in [-0.1, -0.05) is 17.7 Å². The number of anilines is 1. The van der Waals surface area contributed by atoms with Crippen LogP contribution >= 0.6 is 11.6 Å². The van der Waals surface area contributed by atoms with Crippen molar-refractivity contribution >= 4 is 17.3 Å². The van der Waals surface area contributed by atoms with Crippen molar-refractivity contribution in [3.8, 4) is 0 Å². The van der Waals surface area contributed by atoms with E-state index in [-0.39, 0.29) is 0 Å². The number of hydrogen-bond acceptors (Lipinski definition) is 2. The molecule has 3 heteroatoms. The zero-order valence-electron chi connectivity index (χ0n) is 9.62. The molecule has 88 valence electrons. The molecule has 0 radical (unpaired) electrons. The van der Waals surface area contributed by atoms with Crippen LogP contribution in [0.4, 0.5) is 5.69 Å². The van der Waals surface area contributed by atoms with Crippen molar-refractivity contribution in [2.24, 2.45) is 0 Å². The number of benzene rings is 1. The number of nitrogens with zero attached hydrogens (tertiary/aromatic N) is 1. The van der Waals surface area contributed by atoms with Gasteiger partial charge < -0.3 is 10.0 Å². The van der Waals surface area contributed by atoms with E-state index in [0.29, 0.717) is 0 Å². The lowest BCUT2D eigenvalue weighted by Crippen LogP contribution is -2.29. The predicted octanol–water partition coefficient (Wildman–Crippen LogP) is 3.38. The van der Waals surface area contributed by atoms with Gasteiger partial charge >= 0.3 is 0 Å². The quantitative estimate of drug-likeness (QED) is 0.855. The van der Waals surface area contributed by atoms with Crippen molar-refractivity contribution in [3.63, 3.8) is 0 Å². The fourth-order valence-electron chi connectivity index (χ4n) is 2.17. The molecule has 1 heterocycles. The first-order chi connectivity index (χ1) is 7.68. The van der Waals surface area contributed by atoms with Crippen LogP contribution in [0.2, 0.25) is 5.02 Å². The van der Waals surface area contributed by atoms with E-state index in [2.05, 4.69) is 4.90 Å². The average molecular weight is 240 g/mol. The Morgan fingerprint density at radius 1 is 1.25 bits per heavy atom. The molecule has 0 spiro atoms. The van der Waals surface area contributed by atoms with Crippen LogP contribution in [0.5, 0.6) is 0 Å². The third-order valence-corrected chi connectivity index (χ3v) is 3.45. The third kappa shape index (κ3) is 2.50. The molecule has 1 aromatic rings. The van der Waals surface area contributed by atoms with Gasteiger partial charge in [-0.3, -0.25) is 0 Å². The van der Waals surface area contributed by atoms with Crippen LogP contribution in [0.25, 0.3) is 0 Å². The largest absolute Gasteiger partial charge is 0.389 e. The zero-order valence-corrected chi connectivity index (χ0v) is 10.4. The van der Waals surface area contributed by atoms with Crippen LogP contribution in [0.15, 0.2) is 18.2 Å². The normalized spacial score (nSPS) is 18.6. The molecule has 0 saturated carbocycles. The molecule has 1 saturated heterocycles. The lowest BCUT2D eigenvalue weighted by molar-refractivity contribution is 0.199. The van der Waals surface area contributed by atoms with Crippen molar-refractivity contribution < 1.29 is 5.11 Å². The van der Waals surface area contributed by atoms with Crippen molar-refractivity contribution in [1.29, 1.82) is 0 Å². The molecule has 1 fully saturated rings. The third-order valence-electron chi connectivity index (χ3n) is 3.15. The molecule has 0 unspecified atom stereocenters. The predicted molar refractivity (Wildman–Crippen MR) is 68.1 cm³/mol. The molecule has 0 amide bonds. The first-order valence-electron chi connectivity index (χ1n) is 5.91. The minimum atomic E-state index is -0.451. The highest BCUT2D eigenvalue weighted by molar-refractivity contribution is 6.33. The SMILES string of the molecule is C[C@H](O)c1ccc(N2CCCCC2)c(Cl)c1. The van der Waals surface area contributed by atoms with Crippen LogP contribution in [-0.2, 0) is 0 Å². The molecule has 0 aromatic heterocycles. The van der Waals surface area contributed by atoms with Crippen LogP contribution in [0.3, 0.4) is 0 Å². The number of hydrogen-bond donors (Lipinski definition) is 1. The lowest BCUT2D eigenvalue weighted by Gasteiger charge is -2.29. The molecule has 1 aromatic carbocycles. The summed E-state index contributed by atoms with van der Waals surface area (Å²) >= 11 is 6.25. The maximum Gasteiger partial charge on any atom is 0.0762 e. The number of aliphatic hydroxyl groups is 1. The summed E-state index contributed by atoms with van der Waals surface area (Å²) in [6, 6.07) is 5.85. The second kappa shape index (κ2) is 5.07. The molecule has 0 aliphatic carbocycles. The summed E-state index contributed by atoms with van der Waals surface area (Å²) < 4.78 is 0. The summed E-state index contributed by atoms with van der Waals surface area (Å²) in [5.74, 6) is 0. The molecular weight excluding hydrogens is 222 g/mol. The van der Waals surface area contributed by atoms with Gasteiger partial charge in [-0.15, -0.1) is 0 Å². The van der Waals surface area contributed by atoms with E-state index in [9.17, 15) is 5.11 Å². The Morgan fingerprint density at radius 2 is 1.94 bits per heavy atom. The first-order valence-corrected chi connectivity index (χ1v) is 6.29. The monoisotopic (exact) mass is 239 g/mol. The molecule has 1 atom stereocenters. The van der Waals surface area contributed by atoms with Crippen molar-refractivity contribution in [2.45, 2.75) is 32.3 Å². The van der Waals surface area contributed by atoms with Gasteiger partial charge in [0.1, 0.15) is 0 Å². The maximum absolute atomic E-state index is 9.48. The summed E-state index contributed by atoms with van der Waals surface area (Å²) in [5.41, 5.74) is 1.98. The van der Waals surface area contributed by atoms with Gasteiger partial charge in [0.05, 0.1) is 16.8 Å². The average Bonchev–Trinajstić information content (AvgIpc) is 2.30. The Hall–Kier alpha value is -0.730. The van der Waals surface area contributed by atoms with Crippen molar-refractivity contribution in [2.75, 3.05) is 18.0 Å². The Bertz CT molecular complexity index is 359. The molecule has 2 nitrogen and oxygen atoms in total. The van der Waals surface area contributed by atoms with Gasteiger partial charge in [0.2, 0.25) is 0 Å². The van der Waals surface area contributed by atoms with Crippen LogP contribution < -0.4 is 4.90 Å². The topological polar surface area (TPSA) is 23.5 Å². The Morgan fingerprint density at radius 3 is 2.50 bits per heavy atom. The van der Waals surface area contributed by atoms with E-state index in [0.717, 1.165) is 29.4 Å². The van der Waals surface area contributed by atoms with Gasteiger partial charge in [0.25, 0.3) is 0 Å². The summed E-state index contributed by atoms with van der Waals surface area (Å²) in [6.45, 7) is 3.94. The fourth-order valence-corrected chi connectivity index (χ4v) is 2.48. The molecule has 0 bridgehead atoms. The number of aliphatic hydroxyl groups excluding tert-OH is 1. The Balaban J connectivity index is 2.21.